The molecule has 0 aliphatic rings. The molecular weight excluding hydrogens is 273 g/mol. The van der Waals surface area contributed by atoms with Gasteiger partial charge in [-0.05, 0) is 30.3 Å². The van der Waals surface area contributed by atoms with Gasteiger partial charge in [-0.15, -0.1) is 0 Å². The second-order valence-corrected chi connectivity index (χ2v) is 4.44. The zero-order valence-electron chi connectivity index (χ0n) is 9.15. The maximum Gasteiger partial charge on any atom is 0.257 e. The van der Waals surface area contributed by atoms with Crippen LogP contribution in [0.3, 0.4) is 0 Å². The molecule has 0 aliphatic heterocycles. The number of carbonyl (C=O) groups excluding carboxylic acids is 1. The average molecular weight is 282 g/mol. The number of rotatable bonds is 2. The topological polar surface area (TPSA) is 49.3 Å². The molecule has 0 aliphatic carbocycles. The molecule has 2 aromatic carbocycles. The molecule has 0 saturated heterocycles. The number of amides is 1. The summed E-state index contributed by atoms with van der Waals surface area (Å²) in [5.74, 6) is -0.408. The lowest BCUT2D eigenvalue weighted by molar-refractivity contribution is 0.102. The zero-order valence-corrected chi connectivity index (χ0v) is 10.7. The van der Waals surface area contributed by atoms with E-state index in [-0.39, 0.29) is 10.8 Å². The van der Waals surface area contributed by atoms with E-state index in [0.29, 0.717) is 16.3 Å². The molecule has 0 atom stereocenters. The predicted molar refractivity (Wildman–Crippen MR) is 72.5 cm³/mol. The summed E-state index contributed by atoms with van der Waals surface area (Å²) in [4.78, 5) is 11.9. The summed E-state index contributed by atoms with van der Waals surface area (Å²) in [7, 11) is 0. The first-order chi connectivity index (χ1) is 8.58. The van der Waals surface area contributed by atoms with Crippen LogP contribution in [0.25, 0.3) is 0 Å². The number of halogens is 2. The molecule has 2 N–H and O–H groups in total. The SMILES string of the molecule is O=C(Nc1ccccc1O)c1ccc(Cl)cc1Cl. The number of phenols is 1. The first-order valence-corrected chi connectivity index (χ1v) is 5.88. The molecule has 18 heavy (non-hydrogen) atoms. The van der Waals surface area contributed by atoms with Gasteiger partial charge in [0.1, 0.15) is 5.75 Å². The summed E-state index contributed by atoms with van der Waals surface area (Å²) in [6.45, 7) is 0. The van der Waals surface area contributed by atoms with Gasteiger partial charge in [0.05, 0.1) is 16.3 Å². The first kappa shape index (κ1) is 12.7. The van der Waals surface area contributed by atoms with Crippen molar-refractivity contribution < 1.29 is 9.90 Å². The Morgan fingerprint density at radius 2 is 1.83 bits per heavy atom. The summed E-state index contributed by atoms with van der Waals surface area (Å²) in [5, 5.41) is 12.8. The van der Waals surface area contributed by atoms with Crippen LogP contribution in [0.4, 0.5) is 5.69 Å². The van der Waals surface area contributed by atoms with Crippen LogP contribution in [-0.4, -0.2) is 11.0 Å². The fourth-order valence-electron chi connectivity index (χ4n) is 1.44. The Bertz CT molecular complexity index is 599. The molecule has 2 aromatic rings. The molecule has 0 radical (unpaired) electrons. The number of hydrogen-bond acceptors (Lipinski definition) is 2. The van der Waals surface area contributed by atoms with Crippen LogP contribution in [0.5, 0.6) is 5.75 Å². The van der Waals surface area contributed by atoms with Crippen molar-refractivity contribution in [2.24, 2.45) is 0 Å². The van der Waals surface area contributed by atoms with E-state index in [1.54, 1.807) is 24.3 Å². The van der Waals surface area contributed by atoms with E-state index >= 15 is 0 Å². The summed E-state index contributed by atoms with van der Waals surface area (Å²) in [5.41, 5.74) is 0.623. The molecule has 3 nitrogen and oxygen atoms in total. The zero-order chi connectivity index (χ0) is 13.1. The summed E-state index contributed by atoms with van der Waals surface area (Å²) >= 11 is 11.7. The van der Waals surface area contributed by atoms with Gasteiger partial charge in [0.15, 0.2) is 0 Å². The molecule has 2 rings (SSSR count). The van der Waals surface area contributed by atoms with E-state index in [2.05, 4.69) is 5.32 Å². The molecule has 0 heterocycles. The third-order valence-corrected chi connectivity index (χ3v) is 2.88. The van der Waals surface area contributed by atoms with Gasteiger partial charge >= 0.3 is 0 Å². The Morgan fingerprint density at radius 3 is 2.50 bits per heavy atom. The van der Waals surface area contributed by atoms with Gasteiger partial charge in [-0.2, -0.15) is 0 Å². The minimum atomic E-state index is -0.404. The van der Waals surface area contributed by atoms with Crippen LogP contribution in [-0.2, 0) is 0 Å². The molecule has 5 heteroatoms. The molecule has 0 bridgehead atoms. The Kier molecular flexibility index (Phi) is 3.75. The monoisotopic (exact) mass is 281 g/mol. The van der Waals surface area contributed by atoms with Crippen LogP contribution < -0.4 is 5.32 Å². The van der Waals surface area contributed by atoms with Crippen molar-refractivity contribution in [2.45, 2.75) is 0 Å². The summed E-state index contributed by atoms with van der Waals surface area (Å²) in [6.07, 6.45) is 0. The molecular formula is C13H9Cl2NO2. The quantitative estimate of drug-likeness (QED) is 0.819. The van der Waals surface area contributed by atoms with Crippen LogP contribution in [0, 0.1) is 0 Å². The number of phenolic OH excluding ortho intramolecular Hbond substituents is 1. The highest BCUT2D eigenvalue weighted by molar-refractivity contribution is 6.37. The van der Waals surface area contributed by atoms with Gasteiger partial charge < -0.3 is 10.4 Å². The van der Waals surface area contributed by atoms with Gasteiger partial charge in [0.2, 0.25) is 0 Å². The lowest BCUT2D eigenvalue weighted by Gasteiger charge is -2.08. The lowest BCUT2D eigenvalue weighted by Crippen LogP contribution is -2.12. The number of hydrogen-bond donors (Lipinski definition) is 2. The van der Waals surface area contributed by atoms with E-state index in [0.717, 1.165) is 0 Å². The molecule has 0 unspecified atom stereocenters. The number of aromatic hydroxyl groups is 1. The number of benzene rings is 2. The van der Waals surface area contributed by atoms with Crippen molar-refractivity contribution in [3.63, 3.8) is 0 Å². The van der Waals surface area contributed by atoms with Gasteiger partial charge in [0.25, 0.3) is 5.91 Å². The van der Waals surface area contributed by atoms with Crippen molar-refractivity contribution in [1.29, 1.82) is 0 Å². The minimum Gasteiger partial charge on any atom is -0.506 e. The molecule has 92 valence electrons. The predicted octanol–water partition coefficient (Wildman–Crippen LogP) is 3.95. The van der Waals surface area contributed by atoms with Gasteiger partial charge in [-0.1, -0.05) is 35.3 Å². The van der Waals surface area contributed by atoms with Crippen LogP contribution >= 0.6 is 23.2 Å². The van der Waals surface area contributed by atoms with Crippen LogP contribution in [0.1, 0.15) is 10.4 Å². The maximum absolute atomic E-state index is 11.9. The van der Waals surface area contributed by atoms with Crippen molar-refractivity contribution >= 4 is 34.8 Å². The van der Waals surface area contributed by atoms with E-state index in [1.165, 1.54) is 18.2 Å². The Balaban J connectivity index is 2.25. The number of para-hydroxylation sites is 2. The fourth-order valence-corrected chi connectivity index (χ4v) is 1.94. The Labute approximate surface area is 114 Å². The molecule has 0 aromatic heterocycles. The van der Waals surface area contributed by atoms with E-state index in [1.807, 2.05) is 0 Å². The molecule has 1 amide bonds. The minimum absolute atomic E-state index is 0.00376. The fraction of sp³-hybridized carbons (Fsp3) is 0. The average Bonchev–Trinajstić information content (AvgIpc) is 2.32. The molecule has 0 spiro atoms. The second-order valence-electron chi connectivity index (χ2n) is 3.60. The first-order valence-electron chi connectivity index (χ1n) is 5.12. The third-order valence-electron chi connectivity index (χ3n) is 2.33. The van der Waals surface area contributed by atoms with E-state index < -0.39 is 5.91 Å². The largest absolute Gasteiger partial charge is 0.506 e. The highest BCUT2D eigenvalue weighted by Crippen LogP contribution is 2.25. The number of anilines is 1. The highest BCUT2D eigenvalue weighted by atomic mass is 35.5. The van der Waals surface area contributed by atoms with Crippen molar-refractivity contribution in [3.8, 4) is 5.75 Å². The van der Waals surface area contributed by atoms with Gasteiger partial charge in [-0.25, -0.2) is 0 Å². The smallest absolute Gasteiger partial charge is 0.257 e. The molecule has 0 fully saturated rings. The van der Waals surface area contributed by atoms with E-state index in [4.69, 9.17) is 23.2 Å². The van der Waals surface area contributed by atoms with Crippen molar-refractivity contribution in [2.75, 3.05) is 5.32 Å². The van der Waals surface area contributed by atoms with Gasteiger partial charge in [-0.3, -0.25) is 4.79 Å². The van der Waals surface area contributed by atoms with Crippen LogP contribution in [0.15, 0.2) is 42.5 Å². The number of nitrogens with one attached hydrogen (secondary N) is 1. The lowest BCUT2D eigenvalue weighted by atomic mass is 10.2. The Hall–Kier alpha value is -1.71. The highest BCUT2D eigenvalue weighted by Gasteiger charge is 2.12. The molecule has 0 saturated carbocycles. The summed E-state index contributed by atoms with van der Waals surface area (Å²) < 4.78 is 0. The standard InChI is InChI=1S/C13H9Cl2NO2/c14-8-5-6-9(10(15)7-8)13(18)16-11-3-1-2-4-12(11)17/h1-7,17H,(H,16,18). The van der Waals surface area contributed by atoms with Crippen molar-refractivity contribution in [3.05, 3.63) is 58.1 Å². The van der Waals surface area contributed by atoms with Gasteiger partial charge in [0, 0.05) is 5.02 Å². The number of carbonyl (C=O) groups is 1. The van der Waals surface area contributed by atoms with E-state index in [9.17, 15) is 9.90 Å². The third kappa shape index (κ3) is 2.75. The Morgan fingerprint density at radius 1 is 1.11 bits per heavy atom. The summed E-state index contributed by atoms with van der Waals surface area (Å²) in [6, 6.07) is 11.0. The normalized spacial score (nSPS) is 10.1. The van der Waals surface area contributed by atoms with Crippen LogP contribution in [0.2, 0.25) is 10.0 Å². The maximum atomic E-state index is 11.9. The van der Waals surface area contributed by atoms with Crippen molar-refractivity contribution in [1.82, 2.24) is 0 Å². The second kappa shape index (κ2) is 5.29.